The number of fused-ring (bicyclic) bond motifs is 1. The van der Waals surface area contributed by atoms with Gasteiger partial charge in [0.2, 0.25) is 5.78 Å². The van der Waals surface area contributed by atoms with Gasteiger partial charge in [-0.25, -0.2) is 4.98 Å². The zero-order chi connectivity index (χ0) is 12.4. The fourth-order valence-electron chi connectivity index (χ4n) is 1.75. The van der Waals surface area contributed by atoms with E-state index in [1.54, 1.807) is 10.6 Å². The van der Waals surface area contributed by atoms with Crippen LogP contribution in [0.4, 0.5) is 0 Å². The topological polar surface area (TPSA) is 37.6 Å². The summed E-state index contributed by atoms with van der Waals surface area (Å²) in [5, 5.41) is 0. The summed E-state index contributed by atoms with van der Waals surface area (Å²) in [5.74, 6) is -0.00241. The van der Waals surface area contributed by atoms with Crippen LogP contribution in [0, 0.1) is 0 Å². The highest BCUT2D eigenvalue weighted by molar-refractivity contribution is 6.07. The van der Waals surface area contributed by atoms with Crippen LogP contribution in [0.1, 0.15) is 17.4 Å². The van der Waals surface area contributed by atoms with Gasteiger partial charge in [0.05, 0.1) is 6.20 Å². The van der Waals surface area contributed by atoms with Crippen molar-refractivity contribution in [3.05, 3.63) is 48.1 Å². The normalized spacial score (nSPS) is 11.8. The third-order valence-electron chi connectivity index (χ3n) is 2.46. The molecule has 4 heteroatoms. The van der Waals surface area contributed by atoms with Gasteiger partial charge in [-0.05, 0) is 19.1 Å². The Bertz CT molecular complexity index is 581. The monoisotopic (exact) mass is 229 g/mol. The largest absolute Gasteiger partial charge is 0.383 e. The molecule has 0 aliphatic rings. The van der Waals surface area contributed by atoms with E-state index in [2.05, 4.69) is 4.98 Å². The third-order valence-corrected chi connectivity index (χ3v) is 2.46. The highest BCUT2D eigenvalue weighted by Gasteiger charge is 2.13. The lowest BCUT2D eigenvalue weighted by Crippen LogP contribution is -2.09. The summed E-state index contributed by atoms with van der Waals surface area (Å²) in [7, 11) is 3.79. The molecule has 0 aliphatic carbocycles. The molecule has 0 unspecified atom stereocenters. The van der Waals surface area contributed by atoms with Gasteiger partial charge in [0.15, 0.2) is 0 Å². The molecule has 0 atom stereocenters. The van der Waals surface area contributed by atoms with Gasteiger partial charge in [0.25, 0.3) is 0 Å². The molecule has 2 rings (SSSR count). The van der Waals surface area contributed by atoms with Crippen LogP contribution in [0.2, 0.25) is 0 Å². The summed E-state index contributed by atoms with van der Waals surface area (Å²) in [6, 6.07) is 5.66. The number of hydrogen-bond acceptors (Lipinski definition) is 3. The Balaban J connectivity index is 2.44. The first kappa shape index (κ1) is 11.4. The molecule has 0 aliphatic heterocycles. The average molecular weight is 229 g/mol. The zero-order valence-corrected chi connectivity index (χ0v) is 10.2. The molecule has 0 amide bonds. The minimum absolute atomic E-state index is 0.00241. The van der Waals surface area contributed by atoms with Crippen molar-refractivity contribution in [3.63, 3.8) is 0 Å². The SMILES string of the molecule is C/C(=C\N(C)C)C(=O)c1cnc2ccccn12. The number of ketones is 1. The average Bonchev–Trinajstić information content (AvgIpc) is 2.70. The van der Waals surface area contributed by atoms with Gasteiger partial charge >= 0.3 is 0 Å². The molecule has 0 N–H and O–H groups in total. The molecule has 0 saturated carbocycles. The molecule has 0 spiro atoms. The molecule has 2 aromatic rings. The second-order valence-electron chi connectivity index (χ2n) is 4.18. The standard InChI is InChI=1S/C13H15N3O/c1-10(9-15(2)3)13(17)11-8-14-12-6-4-5-7-16(11)12/h4-9H,1-3H3/b10-9+. The number of Topliss-reactive ketones (excluding diaryl/α,β-unsaturated/α-hetero) is 1. The van der Waals surface area contributed by atoms with Crippen molar-refractivity contribution in [2.45, 2.75) is 6.92 Å². The molecule has 0 bridgehead atoms. The lowest BCUT2D eigenvalue weighted by molar-refractivity contribution is 0.102. The highest BCUT2D eigenvalue weighted by atomic mass is 16.1. The lowest BCUT2D eigenvalue weighted by Gasteiger charge is -2.07. The number of carbonyl (C=O) groups excluding carboxylic acids is 1. The van der Waals surface area contributed by atoms with Gasteiger partial charge in [-0.3, -0.25) is 9.20 Å². The van der Waals surface area contributed by atoms with E-state index in [1.807, 2.05) is 56.5 Å². The van der Waals surface area contributed by atoms with Crippen LogP contribution in [0.5, 0.6) is 0 Å². The summed E-state index contributed by atoms with van der Waals surface area (Å²) in [5.41, 5.74) is 2.07. The molecule has 2 aromatic heterocycles. The molecular weight excluding hydrogens is 214 g/mol. The predicted octanol–water partition coefficient (Wildman–Crippen LogP) is 1.98. The maximum atomic E-state index is 12.2. The first-order valence-corrected chi connectivity index (χ1v) is 5.41. The summed E-state index contributed by atoms with van der Waals surface area (Å²) >= 11 is 0. The summed E-state index contributed by atoms with van der Waals surface area (Å²) in [6.45, 7) is 1.81. The minimum Gasteiger partial charge on any atom is -0.383 e. The van der Waals surface area contributed by atoms with E-state index in [0.717, 1.165) is 5.65 Å². The lowest BCUT2D eigenvalue weighted by atomic mass is 10.1. The molecule has 0 saturated heterocycles. The van der Waals surface area contributed by atoms with Crippen LogP contribution < -0.4 is 0 Å². The number of hydrogen-bond donors (Lipinski definition) is 0. The molecular formula is C13H15N3O. The fraction of sp³-hybridized carbons (Fsp3) is 0.231. The second kappa shape index (κ2) is 4.41. The molecule has 17 heavy (non-hydrogen) atoms. The van der Waals surface area contributed by atoms with E-state index >= 15 is 0 Å². The van der Waals surface area contributed by atoms with Gasteiger partial charge in [0, 0.05) is 32.1 Å². The van der Waals surface area contributed by atoms with E-state index in [1.165, 1.54) is 0 Å². The van der Waals surface area contributed by atoms with Crippen molar-refractivity contribution in [2.24, 2.45) is 0 Å². The number of nitrogens with zero attached hydrogens (tertiary/aromatic N) is 3. The Labute approximate surface area is 100 Å². The first-order valence-electron chi connectivity index (χ1n) is 5.41. The molecule has 0 aromatic carbocycles. The molecule has 88 valence electrons. The number of allylic oxidation sites excluding steroid dienone is 1. The maximum Gasteiger partial charge on any atom is 0.208 e. The van der Waals surface area contributed by atoms with Crippen LogP contribution >= 0.6 is 0 Å². The van der Waals surface area contributed by atoms with Crippen LogP contribution in [-0.2, 0) is 0 Å². The number of aromatic nitrogens is 2. The van der Waals surface area contributed by atoms with E-state index in [4.69, 9.17) is 0 Å². The zero-order valence-electron chi connectivity index (χ0n) is 10.2. The van der Waals surface area contributed by atoms with Gasteiger partial charge < -0.3 is 4.90 Å². The first-order chi connectivity index (χ1) is 8.09. The van der Waals surface area contributed by atoms with E-state index < -0.39 is 0 Å². The van der Waals surface area contributed by atoms with E-state index in [-0.39, 0.29) is 5.78 Å². The number of rotatable bonds is 3. The van der Waals surface area contributed by atoms with E-state index in [0.29, 0.717) is 11.3 Å². The Hall–Kier alpha value is -2.10. The number of pyridine rings is 1. The Kier molecular flexibility index (Phi) is 2.95. The second-order valence-corrected chi connectivity index (χ2v) is 4.18. The van der Waals surface area contributed by atoms with Crippen molar-refractivity contribution in [2.75, 3.05) is 14.1 Å². The van der Waals surface area contributed by atoms with E-state index in [9.17, 15) is 4.79 Å². The minimum atomic E-state index is -0.00241. The predicted molar refractivity (Wildman–Crippen MR) is 67.0 cm³/mol. The summed E-state index contributed by atoms with van der Waals surface area (Å²) in [6.07, 6.45) is 5.27. The highest BCUT2D eigenvalue weighted by Crippen LogP contribution is 2.11. The number of imidazole rings is 1. The molecule has 2 heterocycles. The van der Waals surface area contributed by atoms with Crippen molar-refractivity contribution in [1.29, 1.82) is 0 Å². The molecule has 4 nitrogen and oxygen atoms in total. The molecule has 0 fully saturated rings. The Morgan fingerprint density at radius 1 is 1.41 bits per heavy atom. The van der Waals surface area contributed by atoms with Crippen LogP contribution in [0.15, 0.2) is 42.4 Å². The third kappa shape index (κ3) is 2.20. The van der Waals surface area contributed by atoms with Gasteiger partial charge in [-0.1, -0.05) is 6.07 Å². The summed E-state index contributed by atoms with van der Waals surface area (Å²) in [4.78, 5) is 18.3. The summed E-state index contributed by atoms with van der Waals surface area (Å²) < 4.78 is 1.80. The van der Waals surface area contributed by atoms with Crippen molar-refractivity contribution in [3.8, 4) is 0 Å². The maximum absolute atomic E-state index is 12.2. The van der Waals surface area contributed by atoms with Gasteiger partial charge in [-0.15, -0.1) is 0 Å². The van der Waals surface area contributed by atoms with Crippen LogP contribution in [-0.4, -0.2) is 34.2 Å². The van der Waals surface area contributed by atoms with Gasteiger partial charge in [-0.2, -0.15) is 0 Å². The van der Waals surface area contributed by atoms with Gasteiger partial charge in [0.1, 0.15) is 11.3 Å². The van der Waals surface area contributed by atoms with Crippen LogP contribution in [0.25, 0.3) is 5.65 Å². The molecule has 0 radical (unpaired) electrons. The fourth-order valence-corrected chi connectivity index (χ4v) is 1.75. The number of carbonyl (C=O) groups is 1. The Morgan fingerprint density at radius 3 is 2.88 bits per heavy atom. The van der Waals surface area contributed by atoms with Crippen molar-refractivity contribution < 1.29 is 4.79 Å². The Morgan fingerprint density at radius 2 is 2.18 bits per heavy atom. The van der Waals surface area contributed by atoms with Crippen LogP contribution in [0.3, 0.4) is 0 Å². The smallest absolute Gasteiger partial charge is 0.208 e. The van der Waals surface area contributed by atoms with Crippen molar-refractivity contribution in [1.82, 2.24) is 14.3 Å². The quantitative estimate of drug-likeness (QED) is 0.596. The van der Waals surface area contributed by atoms with Crippen molar-refractivity contribution >= 4 is 11.4 Å².